The van der Waals surface area contributed by atoms with Crippen LogP contribution in [0, 0.1) is 0 Å². The highest BCUT2D eigenvalue weighted by Gasteiger charge is 2.21. The smallest absolute Gasteiger partial charge is 0.242 e. The van der Waals surface area contributed by atoms with Gasteiger partial charge in [0, 0.05) is 12.1 Å². The maximum absolute atomic E-state index is 11.9. The summed E-state index contributed by atoms with van der Waals surface area (Å²) in [5.74, 6) is 0. The summed E-state index contributed by atoms with van der Waals surface area (Å²) in [6, 6.07) is 4.44. The third-order valence-electron chi connectivity index (χ3n) is 1.92. The van der Waals surface area contributed by atoms with Crippen molar-refractivity contribution in [2.45, 2.75) is 24.3 Å². The van der Waals surface area contributed by atoms with Crippen molar-refractivity contribution < 1.29 is 8.42 Å². The first-order valence-electron chi connectivity index (χ1n) is 4.86. The van der Waals surface area contributed by atoms with E-state index >= 15 is 0 Å². The number of halogens is 3. The molecular weight excluding hydrogens is 319 g/mol. The summed E-state index contributed by atoms with van der Waals surface area (Å²) in [6.07, 6.45) is 0. The zero-order chi connectivity index (χ0) is 13.3. The van der Waals surface area contributed by atoms with Crippen LogP contribution in [-0.4, -0.2) is 20.5 Å². The van der Waals surface area contributed by atoms with Gasteiger partial charge in [-0.25, -0.2) is 13.1 Å². The Hall–Kier alpha value is -0.0400. The van der Waals surface area contributed by atoms with Crippen LogP contribution in [0.4, 0.5) is 0 Å². The Morgan fingerprint density at radius 3 is 2.39 bits per heavy atom. The first kappa shape index (κ1) is 18.0. The minimum Gasteiger partial charge on any atom is -0.324 e. The van der Waals surface area contributed by atoms with Crippen molar-refractivity contribution in [1.29, 1.82) is 0 Å². The molecule has 0 unspecified atom stereocenters. The average molecular weight is 334 g/mol. The second kappa shape index (κ2) is 6.41. The van der Waals surface area contributed by atoms with E-state index in [2.05, 4.69) is 4.72 Å². The summed E-state index contributed by atoms with van der Waals surface area (Å²) >= 11 is 11.6. The average Bonchev–Trinajstić information content (AvgIpc) is 2.18. The van der Waals surface area contributed by atoms with Crippen LogP contribution >= 0.6 is 35.6 Å². The van der Waals surface area contributed by atoms with E-state index in [-0.39, 0.29) is 33.9 Å². The molecule has 0 saturated heterocycles. The minimum atomic E-state index is -3.69. The van der Waals surface area contributed by atoms with E-state index in [1.165, 1.54) is 18.2 Å². The van der Waals surface area contributed by atoms with E-state index in [0.717, 1.165) is 0 Å². The Kier molecular flexibility index (Phi) is 6.40. The van der Waals surface area contributed by atoms with Crippen LogP contribution in [0.2, 0.25) is 10.0 Å². The maximum Gasteiger partial charge on any atom is 0.242 e. The number of hydrogen-bond donors (Lipinski definition) is 2. The molecule has 4 nitrogen and oxygen atoms in total. The lowest BCUT2D eigenvalue weighted by Crippen LogP contribution is -2.45. The van der Waals surface area contributed by atoms with Crippen molar-refractivity contribution in [2.75, 3.05) is 6.54 Å². The largest absolute Gasteiger partial charge is 0.324 e. The van der Waals surface area contributed by atoms with Crippen molar-refractivity contribution in [3.05, 3.63) is 28.2 Å². The summed E-state index contributed by atoms with van der Waals surface area (Å²) < 4.78 is 26.3. The third kappa shape index (κ3) is 4.91. The van der Waals surface area contributed by atoms with Crippen molar-refractivity contribution in [2.24, 2.45) is 5.73 Å². The maximum atomic E-state index is 11.9. The van der Waals surface area contributed by atoms with E-state index < -0.39 is 15.6 Å². The Morgan fingerprint density at radius 1 is 1.33 bits per heavy atom. The summed E-state index contributed by atoms with van der Waals surface area (Å²) in [7, 11) is -3.69. The number of benzene rings is 1. The molecule has 1 rings (SSSR count). The quantitative estimate of drug-likeness (QED) is 0.889. The normalized spacial score (nSPS) is 12.1. The zero-order valence-electron chi connectivity index (χ0n) is 9.91. The Bertz CT molecular complexity index is 512. The molecule has 104 valence electrons. The van der Waals surface area contributed by atoms with Gasteiger partial charge in [0.25, 0.3) is 0 Å². The van der Waals surface area contributed by atoms with Gasteiger partial charge in [0.2, 0.25) is 10.0 Å². The summed E-state index contributed by atoms with van der Waals surface area (Å²) in [5.41, 5.74) is 5.06. The van der Waals surface area contributed by atoms with Crippen molar-refractivity contribution in [1.82, 2.24) is 4.72 Å². The molecule has 1 aromatic carbocycles. The van der Waals surface area contributed by atoms with Crippen LogP contribution in [0.1, 0.15) is 13.8 Å². The molecule has 0 radical (unpaired) electrons. The Balaban J connectivity index is 0.00000289. The van der Waals surface area contributed by atoms with Crippen molar-refractivity contribution >= 4 is 45.6 Å². The molecule has 0 aliphatic carbocycles. The fraction of sp³-hybridized carbons (Fsp3) is 0.400. The van der Waals surface area contributed by atoms with E-state index in [9.17, 15) is 8.42 Å². The summed E-state index contributed by atoms with van der Waals surface area (Å²) in [5, 5.41) is 0.207. The molecular formula is C10H15Cl3N2O2S. The van der Waals surface area contributed by atoms with Gasteiger partial charge in [0.1, 0.15) is 4.90 Å². The number of nitrogens with two attached hydrogens (primary N) is 1. The number of rotatable bonds is 4. The number of sulfonamides is 1. The molecule has 1 aromatic rings. The minimum absolute atomic E-state index is 0. The summed E-state index contributed by atoms with van der Waals surface area (Å²) in [4.78, 5) is -0.0454. The molecule has 0 bridgehead atoms. The first-order chi connectivity index (χ1) is 7.63. The first-order valence-corrected chi connectivity index (χ1v) is 7.10. The third-order valence-corrected chi connectivity index (χ3v) is 4.30. The Morgan fingerprint density at radius 2 is 1.89 bits per heavy atom. The molecule has 0 aromatic heterocycles. The predicted octanol–water partition coefficient (Wildman–Crippen LogP) is 2.43. The fourth-order valence-electron chi connectivity index (χ4n) is 1.05. The highest BCUT2D eigenvalue weighted by molar-refractivity contribution is 7.89. The van der Waals surface area contributed by atoms with E-state index in [1.54, 1.807) is 13.8 Å². The Labute approximate surface area is 123 Å². The second-order valence-corrected chi connectivity index (χ2v) is 6.89. The highest BCUT2D eigenvalue weighted by Crippen LogP contribution is 2.28. The van der Waals surface area contributed by atoms with E-state index in [1.807, 2.05) is 0 Å². The van der Waals surface area contributed by atoms with Gasteiger partial charge in [-0.15, -0.1) is 12.4 Å². The van der Waals surface area contributed by atoms with Crippen LogP contribution in [0.25, 0.3) is 0 Å². The number of nitrogens with one attached hydrogen (secondary N) is 1. The van der Waals surface area contributed by atoms with Crippen LogP contribution in [0.3, 0.4) is 0 Å². The standard InChI is InChI=1S/C10H14Cl2N2O2S.ClH/c1-10(2,13)6-14-17(15,16)8-5-3-4-7(11)9(8)12;/h3-5,14H,6,13H2,1-2H3;1H. The van der Waals surface area contributed by atoms with Gasteiger partial charge in [-0.2, -0.15) is 0 Å². The lowest BCUT2D eigenvalue weighted by molar-refractivity contribution is 0.498. The summed E-state index contributed by atoms with van der Waals surface area (Å²) in [6.45, 7) is 3.54. The fourth-order valence-corrected chi connectivity index (χ4v) is 3.03. The van der Waals surface area contributed by atoms with Gasteiger partial charge < -0.3 is 5.73 Å². The predicted molar refractivity (Wildman–Crippen MR) is 77.2 cm³/mol. The number of hydrogen-bond acceptors (Lipinski definition) is 3. The van der Waals surface area contributed by atoms with Crippen LogP contribution < -0.4 is 10.5 Å². The van der Waals surface area contributed by atoms with E-state index in [0.29, 0.717) is 0 Å². The van der Waals surface area contributed by atoms with Gasteiger partial charge in [-0.1, -0.05) is 29.3 Å². The topological polar surface area (TPSA) is 72.2 Å². The molecule has 8 heteroatoms. The van der Waals surface area contributed by atoms with Crippen molar-refractivity contribution in [3.8, 4) is 0 Å². The monoisotopic (exact) mass is 332 g/mol. The highest BCUT2D eigenvalue weighted by atomic mass is 35.5. The van der Waals surface area contributed by atoms with Gasteiger partial charge in [-0.3, -0.25) is 0 Å². The van der Waals surface area contributed by atoms with Gasteiger partial charge in [0.15, 0.2) is 0 Å². The zero-order valence-corrected chi connectivity index (χ0v) is 13.1. The molecule has 0 aliphatic heterocycles. The van der Waals surface area contributed by atoms with Crippen LogP contribution in [0.15, 0.2) is 23.1 Å². The molecule has 0 fully saturated rings. The second-order valence-electron chi connectivity index (χ2n) is 4.37. The van der Waals surface area contributed by atoms with Crippen molar-refractivity contribution in [3.63, 3.8) is 0 Å². The molecule has 3 N–H and O–H groups in total. The lowest BCUT2D eigenvalue weighted by atomic mass is 10.1. The SMILES string of the molecule is CC(C)(N)CNS(=O)(=O)c1cccc(Cl)c1Cl.Cl. The van der Waals surface area contributed by atoms with Gasteiger partial charge in [0.05, 0.1) is 10.0 Å². The van der Waals surface area contributed by atoms with Gasteiger partial charge in [-0.05, 0) is 26.0 Å². The van der Waals surface area contributed by atoms with Crippen LogP contribution in [-0.2, 0) is 10.0 Å². The molecule has 0 saturated carbocycles. The van der Waals surface area contributed by atoms with E-state index in [4.69, 9.17) is 28.9 Å². The molecule has 18 heavy (non-hydrogen) atoms. The lowest BCUT2D eigenvalue weighted by Gasteiger charge is -2.19. The molecule has 0 spiro atoms. The molecule has 0 atom stereocenters. The van der Waals surface area contributed by atoms with Gasteiger partial charge >= 0.3 is 0 Å². The molecule has 0 aliphatic rings. The molecule has 0 heterocycles. The molecule has 0 amide bonds. The van der Waals surface area contributed by atoms with Crippen LogP contribution in [0.5, 0.6) is 0 Å².